The summed E-state index contributed by atoms with van der Waals surface area (Å²) in [6.07, 6.45) is 2.61. The maximum Gasteiger partial charge on any atom is 0.292 e. The Morgan fingerprint density at radius 2 is 2.00 bits per heavy atom. The number of non-ortho nitro benzene ring substituents is 1. The summed E-state index contributed by atoms with van der Waals surface area (Å²) in [5, 5.41) is 31.3. The summed E-state index contributed by atoms with van der Waals surface area (Å²) in [4.78, 5) is 35.4. The molecule has 1 N–H and O–H groups in total. The van der Waals surface area contributed by atoms with Crippen LogP contribution in [0.3, 0.4) is 0 Å². The van der Waals surface area contributed by atoms with E-state index in [0.717, 1.165) is 37.3 Å². The van der Waals surface area contributed by atoms with Gasteiger partial charge in [-0.3, -0.25) is 19.7 Å². The van der Waals surface area contributed by atoms with Gasteiger partial charge in [0.05, 0.1) is 16.5 Å². The largest absolute Gasteiger partial charge is 0.872 e. The Bertz CT molecular complexity index is 1200. The van der Waals surface area contributed by atoms with Crippen LogP contribution in [0.15, 0.2) is 52.4 Å². The minimum atomic E-state index is -0.675. The molecule has 0 unspecified atom stereocenters. The van der Waals surface area contributed by atoms with Crippen LogP contribution in [-0.4, -0.2) is 26.8 Å². The lowest BCUT2D eigenvalue weighted by Gasteiger charge is -2.10. The lowest BCUT2D eigenvalue weighted by molar-refractivity contribution is -0.385. The number of nitro groups is 1. The van der Waals surface area contributed by atoms with Crippen LogP contribution in [0.5, 0.6) is 5.75 Å². The second-order valence-corrected chi connectivity index (χ2v) is 6.45. The van der Waals surface area contributed by atoms with Crippen LogP contribution in [0.25, 0.3) is 10.8 Å². The predicted octanol–water partition coefficient (Wildman–Crippen LogP) is 1.94. The van der Waals surface area contributed by atoms with Gasteiger partial charge in [0.15, 0.2) is 5.69 Å². The van der Waals surface area contributed by atoms with Gasteiger partial charge in [0.25, 0.3) is 17.2 Å². The molecule has 10 heteroatoms. The van der Waals surface area contributed by atoms with Crippen molar-refractivity contribution < 1.29 is 14.8 Å². The van der Waals surface area contributed by atoms with E-state index in [1.54, 1.807) is 24.3 Å². The maximum absolute atomic E-state index is 12.7. The number of fused-ring (bicyclic) bond motifs is 1. The Balaban J connectivity index is 1.91. The van der Waals surface area contributed by atoms with Crippen molar-refractivity contribution in [2.75, 3.05) is 0 Å². The van der Waals surface area contributed by atoms with Gasteiger partial charge in [-0.2, -0.15) is 10.2 Å². The van der Waals surface area contributed by atoms with E-state index >= 15 is 0 Å². The molecule has 0 spiro atoms. The third-order valence-corrected chi connectivity index (χ3v) is 4.38. The van der Waals surface area contributed by atoms with E-state index in [-0.39, 0.29) is 22.5 Å². The molecule has 0 bridgehead atoms. The summed E-state index contributed by atoms with van der Waals surface area (Å²) < 4.78 is 1.25. The van der Waals surface area contributed by atoms with Gasteiger partial charge in [-0.25, -0.2) is 10.1 Å². The number of amides is 1. The van der Waals surface area contributed by atoms with E-state index in [2.05, 4.69) is 15.6 Å². The Labute approximate surface area is 170 Å². The molecule has 30 heavy (non-hydrogen) atoms. The zero-order chi connectivity index (χ0) is 21.7. The highest BCUT2D eigenvalue weighted by molar-refractivity contribution is 6.05. The van der Waals surface area contributed by atoms with Crippen molar-refractivity contribution in [3.8, 4) is 5.75 Å². The monoisotopic (exact) mass is 408 g/mol. The molecule has 0 aliphatic rings. The van der Waals surface area contributed by atoms with Gasteiger partial charge in [-0.15, -0.1) is 0 Å². The van der Waals surface area contributed by atoms with Crippen molar-refractivity contribution in [1.29, 1.82) is 0 Å². The summed E-state index contributed by atoms with van der Waals surface area (Å²) >= 11 is 0. The first-order valence-corrected chi connectivity index (χ1v) is 9.21. The number of benzene rings is 2. The number of carbonyl (C=O) groups is 1. The lowest BCUT2D eigenvalue weighted by Crippen LogP contribution is -2.29. The van der Waals surface area contributed by atoms with Gasteiger partial charge >= 0.3 is 0 Å². The maximum atomic E-state index is 12.7. The minimum absolute atomic E-state index is 0.0137. The molecule has 0 saturated carbocycles. The summed E-state index contributed by atoms with van der Waals surface area (Å²) in [5.41, 5.74) is 1.68. The summed E-state index contributed by atoms with van der Waals surface area (Å²) in [6, 6.07) is 9.83. The first-order chi connectivity index (χ1) is 14.4. The lowest BCUT2D eigenvalue weighted by atomic mass is 10.1. The fourth-order valence-electron chi connectivity index (χ4n) is 2.83. The standard InChI is InChI=1S/C20H19N5O5/c1-2-3-10-24-20(28)16-7-5-4-6-15(16)18(23-24)19(27)22-21-12-13-11-14(25(29)30)8-9-17(13)26/h4-9,11-12,26H,2-3,10H2,1H3,(H,22,27)/p-1/b21-12-. The summed E-state index contributed by atoms with van der Waals surface area (Å²) in [7, 11) is 0. The van der Waals surface area contributed by atoms with Crippen LogP contribution in [0.2, 0.25) is 0 Å². The van der Waals surface area contributed by atoms with Gasteiger partial charge in [-0.1, -0.05) is 43.4 Å². The molecule has 1 aromatic heterocycles. The Kier molecular flexibility index (Phi) is 6.16. The van der Waals surface area contributed by atoms with Crippen molar-refractivity contribution in [3.05, 3.63) is 74.2 Å². The Hall–Kier alpha value is -4.08. The molecule has 0 aliphatic heterocycles. The SMILES string of the molecule is CCCCn1nc(C(=O)N/N=C\c2cc([N+](=O)[O-])ccc2[O-])c2ccccc2c1=O. The second-order valence-electron chi connectivity index (χ2n) is 6.45. The third-order valence-electron chi connectivity index (χ3n) is 4.38. The van der Waals surface area contributed by atoms with Crippen molar-refractivity contribution in [2.24, 2.45) is 5.10 Å². The fourth-order valence-corrected chi connectivity index (χ4v) is 2.83. The van der Waals surface area contributed by atoms with Crippen molar-refractivity contribution in [2.45, 2.75) is 26.3 Å². The molecule has 10 nitrogen and oxygen atoms in total. The average Bonchev–Trinajstić information content (AvgIpc) is 2.74. The predicted molar refractivity (Wildman–Crippen MR) is 109 cm³/mol. The molecule has 2 aromatic carbocycles. The third kappa shape index (κ3) is 4.32. The number of nitro benzene ring substituents is 1. The van der Waals surface area contributed by atoms with E-state index in [1.165, 1.54) is 4.68 Å². The number of unbranched alkanes of at least 4 members (excludes halogenated alkanes) is 1. The topological polar surface area (TPSA) is 143 Å². The van der Waals surface area contributed by atoms with Gasteiger partial charge in [-0.05, 0) is 18.1 Å². The molecule has 0 aliphatic carbocycles. The highest BCUT2D eigenvalue weighted by Crippen LogP contribution is 2.19. The zero-order valence-electron chi connectivity index (χ0n) is 16.1. The number of rotatable bonds is 7. The Morgan fingerprint density at radius 1 is 1.27 bits per heavy atom. The molecule has 0 atom stereocenters. The number of hydrazone groups is 1. The molecular formula is C20H18N5O5-. The van der Waals surface area contributed by atoms with Crippen molar-refractivity contribution >= 4 is 28.6 Å². The quantitative estimate of drug-likeness (QED) is 0.360. The van der Waals surface area contributed by atoms with E-state index in [4.69, 9.17) is 0 Å². The first kappa shape index (κ1) is 20.6. The second kappa shape index (κ2) is 8.95. The van der Waals surface area contributed by atoms with Crippen LogP contribution in [0.1, 0.15) is 35.8 Å². The van der Waals surface area contributed by atoms with Gasteiger partial charge in [0.1, 0.15) is 0 Å². The Morgan fingerprint density at radius 3 is 2.70 bits per heavy atom. The molecule has 0 saturated heterocycles. The van der Waals surface area contributed by atoms with Crippen molar-refractivity contribution in [3.63, 3.8) is 0 Å². The van der Waals surface area contributed by atoms with Gasteiger partial charge < -0.3 is 5.11 Å². The average molecular weight is 408 g/mol. The normalized spacial score (nSPS) is 11.1. The number of hydrogen-bond donors (Lipinski definition) is 1. The van der Waals surface area contributed by atoms with Crippen LogP contribution in [0.4, 0.5) is 5.69 Å². The number of aryl methyl sites for hydroxylation is 1. The smallest absolute Gasteiger partial charge is 0.292 e. The zero-order valence-corrected chi connectivity index (χ0v) is 16.1. The van der Waals surface area contributed by atoms with Crippen LogP contribution < -0.4 is 16.1 Å². The molecule has 0 radical (unpaired) electrons. The number of carbonyl (C=O) groups excluding carboxylic acids is 1. The molecule has 3 rings (SSSR count). The number of nitrogens with zero attached hydrogens (tertiary/aromatic N) is 4. The van der Waals surface area contributed by atoms with Crippen LogP contribution >= 0.6 is 0 Å². The molecule has 154 valence electrons. The van der Waals surface area contributed by atoms with E-state index in [0.29, 0.717) is 17.3 Å². The highest BCUT2D eigenvalue weighted by Gasteiger charge is 2.16. The number of hydrogen-bond acceptors (Lipinski definition) is 7. The van der Waals surface area contributed by atoms with Gasteiger partial charge in [0, 0.05) is 24.1 Å². The fraction of sp³-hybridized carbons (Fsp3) is 0.200. The molecule has 1 amide bonds. The molecule has 0 fully saturated rings. The van der Waals surface area contributed by atoms with E-state index in [1.807, 2.05) is 6.92 Å². The molecule has 3 aromatic rings. The highest BCUT2D eigenvalue weighted by atomic mass is 16.6. The van der Waals surface area contributed by atoms with Crippen LogP contribution in [0, 0.1) is 10.1 Å². The molecule has 1 heterocycles. The van der Waals surface area contributed by atoms with Gasteiger partial charge in [0.2, 0.25) is 0 Å². The van der Waals surface area contributed by atoms with Crippen LogP contribution in [-0.2, 0) is 6.54 Å². The number of aromatic nitrogens is 2. The summed E-state index contributed by atoms with van der Waals surface area (Å²) in [6.45, 7) is 2.35. The first-order valence-electron chi connectivity index (χ1n) is 9.21. The minimum Gasteiger partial charge on any atom is -0.872 e. The summed E-state index contributed by atoms with van der Waals surface area (Å²) in [5.74, 6) is -1.15. The van der Waals surface area contributed by atoms with E-state index in [9.17, 15) is 24.8 Å². The number of nitrogens with one attached hydrogen (secondary N) is 1. The van der Waals surface area contributed by atoms with E-state index < -0.39 is 16.6 Å². The molecular weight excluding hydrogens is 390 g/mol. The van der Waals surface area contributed by atoms with Crippen molar-refractivity contribution in [1.82, 2.24) is 15.2 Å².